The van der Waals surface area contributed by atoms with E-state index in [2.05, 4.69) is 32.2 Å². The number of halogens is 2. The lowest BCUT2D eigenvalue weighted by Crippen LogP contribution is -2.22. The first-order valence-electron chi connectivity index (χ1n) is 10.5. The molecule has 1 fully saturated rings. The van der Waals surface area contributed by atoms with Crippen molar-refractivity contribution in [2.45, 2.75) is 26.4 Å². The van der Waals surface area contributed by atoms with Crippen LogP contribution in [-0.2, 0) is 4.79 Å². The Morgan fingerprint density at radius 1 is 1.18 bits per heavy atom. The zero-order valence-electron chi connectivity index (χ0n) is 18.8. The number of likely N-dealkylation sites (N-methyl/N-ethyl adjacent to an activating group) is 1. The predicted octanol–water partition coefficient (Wildman–Crippen LogP) is 3.76. The van der Waals surface area contributed by atoms with Crippen LogP contribution in [0.15, 0.2) is 48.8 Å². The van der Waals surface area contributed by atoms with Crippen molar-refractivity contribution >= 4 is 17.9 Å². The summed E-state index contributed by atoms with van der Waals surface area (Å²) >= 11 is 0. The molecular weight excluding hydrogens is 430 g/mol. The number of benzene rings is 1. The molecule has 0 radical (unpaired) electrons. The number of nitrogens with one attached hydrogen (secondary N) is 1. The molecule has 8 nitrogen and oxygen atoms in total. The van der Waals surface area contributed by atoms with E-state index < -0.39 is 11.6 Å². The van der Waals surface area contributed by atoms with Crippen molar-refractivity contribution in [3.05, 3.63) is 60.4 Å². The molecule has 1 unspecified atom stereocenters. The number of nitrogens with zero attached hydrogens (tertiary/aromatic N) is 4. The van der Waals surface area contributed by atoms with Crippen LogP contribution in [0.4, 0.5) is 20.3 Å². The number of aromatic nitrogens is 3. The van der Waals surface area contributed by atoms with E-state index in [0.29, 0.717) is 12.4 Å². The highest BCUT2D eigenvalue weighted by Gasteiger charge is 2.21. The minimum atomic E-state index is -0.732. The Bertz CT molecular complexity index is 1020. The summed E-state index contributed by atoms with van der Waals surface area (Å²) < 4.78 is 31.9. The molecule has 4 rings (SSSR count). The monoisotopic (exact) mass is 458 g/mol. The van der Waals surface area contributed by atoms with Crippen LogP contribution < -0.4 is 15.8 Å². The summed E-state index contributed by atoms with van der Waals surface area (Å²) in [5, 5.41) is 2.30. The third-order valence-electron chi connectivity index (χ3n) is 4.49. The average molecular weight is 459 g/mol. The molecule has 1 atom stereocenters. The molecule has 1 amide bonds. The molecule has 3 N–H and O–H groups in total. The SMILES string of the molecule is CC.CN1CCC(Oc2ncccn2)C1.Nc1ccc(-c2ccc(F)cc2F)nc1NC=O. The van der Waals surface area contributed by atoms with Crippen molar-refractivity contribution in [2.24, 2.45) is 0 Å². The van der Waals surface area contributed by atoms with E-state index in [-0.39, 0.29) is 28.9 Å². The van der Waals surface area contributed by atoms with Gasteiger partial charge < -0.3 is 20.7 Å². The van der Waals surface area contributed by atoms with Crippen LogP contribution >= 0.6 is 0 Å². The van der Waals surface area contributed by atoms with Gasteiger partial charge >= 0.3 is 6.01 Å². The third-order valence-corrected chi connectivity index (χ3v) is 4.49. The molecule has 2 aromatic heterocycles. The molecule has 0 spiro atoms. The highest BCUT2D eigenvalue weighted by molar-refractivity contribution is 5.78. The fourth-order valence-corrected chi connectivity index (χ4v) is 2.97. The predicted molar refractivity (Wildman–Crippen MR) is 124 cm³/mol. The lowest BCUT2D eigenvalue weighted by molar-refractivity contribution is -0.105. The summed E-state index contributed by atoms with van der Waals surface area (Å²) in [6.45, 7) is 6.07. The Kier molecular flexibility index (Phi) is 10.1. The van der Waals surface area contributed by atoms with Crippen molar-refractivity contribution in [1.29, 1.82) is 0 Å². The lowest BCUT2D eigenvalue weighted by atomic mass is 10.1. The number of nitrogens with two attached hydrogens (primary N) is 1. The van der Waals surface area contributed by atoms with E-state index in [9.17, 15) is 13.6 Å². The number of hydrogen-bond acceptors (Lipinski definition) is 7. The minimum Gasteiger partial charge on any atom is -0.459 e. The van der Waals surface area contributed by atoms with E-state index >= 15 is 0 Å². The number of ether oxygens (including phenoxy) is 1. The topological polar surface area (TPSA) is 106 Å². The summed E-state index contributed by atoms with van der Waals surface area (Å²) in [4.78, 5) is 24.6. The Morgan fingerprint density at radius 2 is 1.91 bits per heavy atom. The highest BCUT2D eigenvalue weighted by Crippen LogP contribution is 2.25. The van der Waals surface area contributed by atoms with Gasteiger partial charge in [-0.15, -0.1) is 0 Å². The van der Waals surface area contributed by atoms with Crippen LogP contribution in [-0.4, -0.2) is 52.5 Å². The Balaban J connectivity index is 0.000000227. The Morgan fingerprint density at radius 3 is 2.52 bits per heavy atom. The van der Waals surface area contributed by atoms with Crippen LogP contribution in [0.1, 0.15) is 20.3 Å². The van der Waals surface area contributed by atoms with Gasteiger partial charge in [0.05, 0.1) is 11.4 Å². The van der Waals surface area contributed by atoms with Crippen molar-refractivity contribution in [1.82, 2.24) is 19.9 Å². The largest absolute Gasteiger partial charge is 0.459 e. The first-order chi connectivity index (χ1) is 16.0. The van der Waals surface area contributed by atoms with Gasteiger partial charge in [-0.2, -0.15) is 0 Å². The fraction of sp³-hybridized carbons (Fsp3) is 0.304. The van der Waals surface area contributed by atoms with Crippen LogP contribution in [0.2, 0.25) is 0 Å². The van der Waals surface area contributed by atoms with Crippen molar-refractivity contribution in [3.8, 4) is 17.3 Å². The van der Waals surface area contributed by atoms with Crippen molar-refractivity contribution < 1.29 is 18.3 Å². The van der Waals surface area contributed by atoms with Gasteiger partial charge in [-0.1, -0.05) is 13.8 Å². The van der Waals surface area contributed by atoms with Gasteiger partial charge in [-0.05, 0) is 43.8 Å². The van der Waals surface area contributed by atoms with Gasteiger partial charge in [0.2, 0.25) is 6.41 Å². The first kappa shape index (κ1) is 25.6. The summed E-state index contributed by atoms with van der Waals surface area (Å²) in [6.07, 6.45) is 5.13. The first-order valence-corrected chi connectivity index (χ1v) is 10.5. The van der Waals surface area contributed by atoms with E-state index in [1.807, 2.05) is 13.8 Å². The maximum absolute atomic E-state index is 13.6. The number of pyridine rings is 1. The van der Waals surface area contributed by atoms with Gasteiger partial charge in [0.15, 0.2) is 5.82 Å². The second kappa shape index (κ2) is 13.0. The van der Waals surface area contributed by atoms with E-state index in [1.165, 1.54) is 18.2 Å². The standard InChI is InChI=1S/C12H9F2N3O.C9H13N3O.C2H6/c13-7-1-2-8(9(14)5-7)11-4-3-10(15)12(17-11)16-6-18;1-12-6-3-8(7-12)13-9-10-4-2-5-11-9;1-2/h1-6H,15H2,(H,16,17,18);2,4-5,8H,3,6-7H2,1H3;1-2H3. The molecule has 0 bridgehead atoms. The normalized spacial score (nSPS) is 14.9. The Labute approximate surface area is 191 Å². The molecular formula is C23H28F2N6O2. The summed E-state index contributed by atoms with van der Waals surface area (Å²) in [7, 11) is 2.09. The number of anilines is 2. The third kappa shape index (κ3) is 7.76. The van der Waals surface area contributed by atoms with Crippen LogP contribution in [0.3, 0.4) is 0 Å². The van der Waals surface area contributed by atoms with Crippen LogP contribution in [0.5, 0.6) is 6.01 Å². The van der Waals surface area contributed by atoms with E-state index in [4.69, 9.17) is 10.5 Å². The van der Waals surface area contributed by atoms with Crippen molar-refractivity contribution in [3.63, 3.8) is 0 Å². The second-order valence-corrected chi connectivity index (χ2v) is 6.84. The molecule has 0 aliphatic carbocycles. The van der Waals surface area contributed by atoms with Gasteiger partial charge in [0, 0.05) is 37.1 Å². The van der Waals surface area contributed by atoms with E-state index in [0.717, 1.165) is 31.6 Å². The zero-order chi connectivity index (χ0) is 24.2. The van der Waals surface area contributed by atoms with E-state index in [1.54, 1.807) is 18.5 Å². The molecule has 1 saturated heterocycles. The molecule has 0 saturated carbocycles. The smallest absolute Gasteiger partial charge is 0.316 e. The zero-order valence-corrected chi connectivity index (χ0v) is 18.8. The van der Waals surface area contributed by atoms with Gasteiger partial charge in [0.1, 0.15) is 17.7 Å². The molecule has 1 aromatic carbocycles. The second-order valence-electron chi connectivity index (χ2n) is 6.84. The number of nitrogen functional groups attached to an aromatic ring is 1. The van der Waals surface area contributed by atoms with Gasteiger partial charge in [-0.3, -0.25) is 4.79 Å². The molecule has 3 aromatic rings. The number of amides is 1. The summed E-state index contributed by atoms with van der Waals surface area (Å²) in [5.41, 5.74) is 6.22. The van der Waals surface area contributed by atoms with Gasteiger partial charge in [-0.25, -0.2) is 23.7 Å². The number of rotatable bonds is 5. The molecule has 1 aliphatic rings. The molecule has 1 aliphatic heterocycles. The van der Waals surface area contributed by atoms with Crippen molar-refractivity contribution in [2.75, 3.05) is 31.2 Å². The maximum atomic E-state index is 13.6. The minimum absolute atomic E-state index is 0.130. The summed E-state index contributed by atoms with van der Waals surface area (Å²) in [6, 6.07) is 8.41. The maximum Gasteiger partial charge on any atom is 0.316 e. The van der Waals surface area contributed by atoms with Crippen LogP contribution in [0.25, 0.3) is 11.3 Å². The highest BCUT2D eigenvalue weighted by atomic mass is 19.1. The molecule has 176 valence electrons. The molecule has 10 heteroatoms. The van der Waals surface area contributed by atoms with Crippen LogP contribution in [0, 0.1) is 11.6 Å². The molecule has 3 heterocycles. The average Bonchev–Trinajstić information content (AvgIpc) is 3.22. The molecule has 33 heavy (non-hydrogen) atoms. The number of carbonyl (C=O) groups excluding carboxylic acids is 1. The quantitative estimate of drug-likeness (QED) is 0.561. The van der Waals surface area contributed by atoms with Gasteiger partial charge in [0.25, 0.3) is 0 Å². The summed E-state index contributed by atoms with van der Waals surface area (Å²) in [5.74, 6) is -1.27. The number of likely N-dealkylation sites (tertiary alicyclic amines) is 1. The lowest BCUT2D eigenvalue weighted by Gasteiger charge is -2.10. The fourth-order valence-electron chi connectivity index (χ4n) is 2.97. The number of hydrogen-bond donors (Lipinski definition) is 2. The number of carbonyl (C=O) groups is 1. The Hall–Kier alpha value is -3.66.